The minimum Gasteiger partial charge on any atom is -0.478 e. The average Bonchev–Trinajstić information content (AvgIpc) is 2.63. The number of carboxylic acid groups (broad SMARTS) is 1. The van der Waals surface area contributed by atoms with Crippen LogP contribution in [-0.4, -0.2) is 33.1 Å². The smallest absolute Gasteiger partial charge is 0.335 e. The largest absolute Gasteiger partial charge is 0.478 e. The molecule has 3 aromatic rings. The zero-order valence-electron chi connectivity index (χ0n) is 13.5. The summed E-state index contributed by atoms with van der Waals surface area (Å²) in [5.41, 5.74) is 2.37. The molecule has 0 spiro atoms. The van der Waals surface area contributed by atoms with Crippen molar-refractivity contribution in [3.63, 3.8) is 0 Å². The summed E-state index contributed by atoms with van der Waals surface area (Å²) >= 11 is 0. The second kappa shape index (κ2) is 7.50. The van der Waals surface area contributed by atoms with Crippen molar-refractivity contribution < 1.29 is 14.6 Å². The van der Waals surface area contributed by atoms with E-state index in [0.717, 1.165) is 5.56 Å². The highest BCUT2D eigenvalue weighted by Gasteiger charge is 2.09. The SMILES string of the molecule is COCc1cc(Nc2cccc(C(=O)O)c2)nc(-c2ccncc2)n1. The Kier molecular flexibility index (Phi) is 4.96. The van der Waals surface area contributed by atoms with Crippen LogP contribution < -0.4 is 5.32 Å². The van der Waals surface area contributed by atoms with Crippen LogP contribution in [-0.2, 0) is 11.3 Å². The molecule has 0 fully saturated rings. The summed E-state index contributed by atoms with van der Waals surface area (Å²) in [5, 5.41) is 12.2. The number of nitrogens with zero attached hydrogens (tertiary/aromatic N) is 3. The summed E-state index contributed by atoms with van der Waals surface area (Å²) in [5.74, 6) is 0.106. The number of hydrogen-bond acceptors (Lipinski definition) is 6. The fraction of sp³-hybridized carbons (Fsp3) is 0.111. The molecular formula is C18H16N4O3. The molecule has 2 N–H and O–H groups in total. The summed E-state index contributed by atoms with van der Waals surface area (Å²) in [6, 6.07) is 11.9. The number of aromatic carboxylic acids is 1. The number of benzene rings is 1. The van der Waals surface area contributed by atoms with Crippen molar-refractivity contribution in [3.8, 4) is 11.4 Å². The number of anilines is 2. The van der Waals surface area contributed by atoms with Crippen LogP contribution in [0, 0.1) is 0 Å². The molecule has 0 radical (unpaired) electrons. The van der Waals surface area contributed by atoms with Crippen LogP contribution in [0.5, 0.6) is 0 Å². The molecule has 0 aliphatic carbocycles. The molecule has 0 amide bonds. The molecule has 0 aliphatic rings. The maximum Gasteiger partial charge on any atom is 0.335 e. The van der Waals surface area contributed by atoms with Gasteiger partial charge in [0.15, 0.2) is 5.82 Å². The first kappa shape index (κ1) is 16.5. The average molecular weight is 336 g/mol. The predicted molar refractivity (Wildman–Crippen MR) is 92.7 cm³/mol. The van der Waals surface area contributed by atoms with Gasteiger partial charge in [-0.05, 0) is 30.3 Å². The van der Waals surface area contributed by atoms with Gasteiger partial charge in [-0.15, -0.1) is 0 Å². The third-order valence-electron chi connectivity index (χ3n) is 3.39. The Morgan fingerprint density at radius 2 is 1.96 bits per heavy atom. The molecule has 0 atom stereocenters. The molecule has 7 nitrogen and oxygen atoms in total. The van der Waals surface area contributed by atoms with Gasteiger partial charge in [0, 0.05) is 36.8 Å². The molecule has 0 saturated heterocycles. The van der Waals surface area contributed by atoms with E-state index in [1.165, 1.54) is 6.07 Å². The van der Waals surface area contributed by atoms with Gasteiger partial charge in [0.1, 0.15) is 5.82 Å². The van der Waals surface area contributed by atoms with Crippen LogP contribution in [0.25, 0.3) is 11.4 Å². The number of rotatable bonds is 6. The molecule has 1 aromatic carbocycles. The first-order valence-electron chi connectivity index (χ1n) is 7.53. The van der Waals surface area contributed by atoms with Gasteiger partial charge in [-0.25, -0.2) is 14.8 Å². The Morgan fingerprint density at radius 1 is 1.16 bits per heavy atom. The second-order valence-electron chi connectivity index (χ2n) is 5.25. The number of aromatic nitrogens is 3. The fourth-order valence-electron chi connectivity index (χ4n) is 2.29. The second-order valence-corrected chi connectivity index (χ2v) is 5.25. The van der Waals surface area contributed by atoms with Crippen LogP contribution in [0.15, 0.2) is 54.9 Å². The van der Waals surface area contributed by atoms with E-state index in [2.05, 4.69) is 20.3 Å². The summed E-state index contributed by atoms with van der Waals surface area (Å²) in [6.45, 7) is 0.338. The van der Waals surface area contributed by atoms with Crippen molar-refractivity contribution in [1.82, 2.24) is 15.0 Å². The lowest BCUT2D eigenvalue weighted by molar-refractivity contribution is 0.0697. The van der Waals surface area contributed by atoms with Gasteiger partial charge in [-0.3, -0.25) is 4.98 Å². The van der Waals surface area contributed by atoms with Crippen molar-refractivity contribution in [1.29, 1.82) is 0 Å². The fourth-order valence-corrected chi connectivity index (χ4v) is 2.29. The first-order valence-corrected chi connectivity index (χ1v) is 7.53. The van der Waals surface area contributed by atoms with Gasteiger partial charge < -0.3 is 15.2 Å². The Balaban J connectivity index is 1.96. The lowest BCUT2D eigenvalue weighted by atomic mass is 10.2. The maximum atomic E-state index is 11.1. The molecule has 2 aromatic heterocycles. The monoisotopic (exact) mass is 336 g/mol. The molecule has 0 aliphatic heterocycles. The highest BCUT2D eigenvalue weighted by atomic mass is 16.5. The van der Waals surface area contributed by atoms with Gasteiger partial charge in [-0.1, -0.05) is 6.07 Å². The number of pyridine rings is 1. The van der Waals surface area contributed by atoms with E-state index in [1.54, 1.807) is 43.8 Å². The molecule has 25 heavy (non-hydrogen) atoms. The van der Waals surface area contributed by atoms with E-state index in [1.807, 2.05) is 12.1 Å². The molecule has 126 valence electrons. The number of carboxylic acids is 1. The van der Waals surface area contributed by atoms with Crippen LogP contribution in [0.4, 0.5) is 11.5 Å². The van der Waals surface area contributed by atoms with Crippen molar-refractivity contribution in [2.75, 3.05) is 12.4 Å². The lowest BCUT2D eigenvalue weighted by Crippen LogP contribution is -2.03. The summed E-state index contributed by atoms with van der Waals surface area (Å²) in [6.07, 6.45) is 3.34. The first-order chi connectivity index (χ1) is 12.2. The van der Waals surface area contributed by atoms with E-state index >= 15 is 0 Å². The minimum absolute atomic E-state index is 0.200. The molecular weight excluding hydrogens is 320 g/mol. The molecule has 7 heteroatoms. The Labute approximate surface area is 144 Å². The number of hydrogen-bond donors (Lipinski definition) is 2. The predicted octanol–water partition coefficient (Wildman–Crippen LogP) is 3.13. The Bertz CT molecular complexity index is 884. The van der Waals surface area contributed by atoms with E-state index in [0.29, 0.717) is 29.6 Å². The van der Waals surface area contributed by atoms with Crippen molar-refractivity contribution in [2.45, 2.75) is 6.61 Å². The van der Waals surface area contributed by atoms with Crippen molar-refractivity contribution in [3.05, 3.63) is 66.1 Å². The van der Waals surface area contributed by atoms with Crippen LogP contribution in [0.3, 0.4) is 0 Å². The summed E-state index contributed by atoms with van der Waals surface area (Å²) < 4.78 is 5.17. The van der Waals surface area contributed by atoms with Crippen molar-refractivity contribution in [2.24, 2.45) is 0 Å². The molecule has 2 heterocycles. The van der Waals surface area contributed by atoms with Gasteiger partial charge in [0.25, 0.3) is 0 Å². The molecule has 3 rings (SSSR count). The van der Waals surface area contributed by atoms with Gasteiger partial charge in [-0.2, -0.15) is 0 Å². The van der Waals surface area contributed by atoms with E-state index in [4.69, 9.17) is 9.84 Å². The molecule has 0 saturated carbocycles. The normalized spacial score (nSPS) is 10.4. The third-order valence-corrected chi connectivity index (χ3v) is 3.39. The topological polar surface area (TPSA) is 97.2 Å². The molecule has 0 unspecified atom stereocenters. The maximum absolute atomic E-state index is 11.1. The zero-order valence-corrected chi connectivity index (χ0v) is 13.5. The van der Waals surface area contributed by atoms with Crippen LogP contribution in [0.2, 0.25) is 0 Å². The highest BCUT2D eigenvalue weighted by molar-refractivity contribution is 5.89. The summed E-state index contributed by atoms with van der Waals surface area (Å²) in [4.78, 5) is 24.1. The van der Waals surface area contributed by atoms with Gasteiger partial charge in [0.2, 0.25) is 0 Å². The van der Waals surface area contributed by atoms with Crippen LogP contribution in [0.1, 0.15) is 16.1 Å². The highest BCUT2D eigenvalue weighted by Crippen LogP contribution is 2.21. The zero-order chi connectivity index (χ0) is 17.6. The summed E-state index contributed by atoms with van der Waals surface area (Å²) in [7, 11) is 1.59. The van der Waals surface area contributed by atoms with Crippen LogP contribution >= 0.6 is 0 Å². The number of nitrogens with one attached hydrogen (secondary N) is 1. The Morgan fingerprint density at radius 3 is 2.68 bits per heavy atom. The third kappa shape index (κ3) is 4.15. The number of methoxy groups -OCH3 is 1. The quantitative estimate of drug-likeness (QED) is 0.713. The van der Waals surface area contributed by atoms with Crippen molar-refractivity contribution >= 4 is 17.5 Å². The Hall–Kier alpha value is -3.32. The van der Waals surface area contributed by atoms with E-state index in [-0.39, 0.29) is 5.56 Å². The van der Waals surface area contributed by atoms with Gasteiger partial charge >= 0.3 is 5.97 Å². The van der Waals surface area contributed by atoms with E-state index in [9.17, 15) is 4.79 Å². The van der Waals surface area contributed by atoms with E-state index < -0.39 is 5.97 Å². The minimum atomic E-state index is -0.983. The number of carbonyl (C=O) groups is 1. The lowest BCUT2D eigenvalue weighted by Gasteiger charge is -2.10. The van der Waals surface area contributed by atoms with Gasteiger partial charge in [0.05, 0.1) is 17.9 Å². The standard InChI is InChI=1S/C18H16N4O3/c1-25-11-15-10-16(20-14-4-2-3-13(9-14)18(23)24)22-17(21-15)12-5-7-19-8-6-12/h2-10H,11H2,1H3,(H,23,24)(H,20,21,22). The number of ether oxygens (including phenoxy) is 1. The molecule has 0 bridgehead atoms.